The number of hydrogen-bond acceptors (Lipinski definition) is 3. The summed E-state index contributed by atoms with van der Waals surface area (Å²) in [4.78, 5) is 25.3. The zero-order valence-corrected chi connectivity index (χ0v) is 11.9. The Morgan fingerprint density at radius 3 is 2.50 bits per heavy atom. The average Bonchev–Trinajstić information content (AvgIpc) is 2.88. The fourth-order valence-corrected chi connectivity index (χ4v) is 2.88. The molecule has 0 aliphatic heterocycles. The first-order valence-corrected chi connectivity index (χ1v) is 7.01. The molecule has 0 spiro atoms. The number of benzene rings is 1. The predicted molar refractivity (Wildman–Crippen MR) is 78.4 cm³/mol. The highest BCUT2D eigenvalue weighted by Gasteiger charge is 2.29. The highest BCUT2D eigenvalue weighted by molar-refractivity contribution is 6.34. The van der Waals surface area contributed by atoms with E-state index in [0.29, 0.717) is 16.3 Å². The maximum absolute atomic E-state index is 12.6. The van der Waals surface area contributed by atoms with Crippen LogP contribution < -0.4 is 11.5 Å². The lowest BCUT2D eigenvalue weighted by atomic mass is 10.1. The third-order valence-corrected chi connectivity index (χ3v) is 3.89. The molecular weight excluding hydrogens is 278 g/mol. The minimum atomic E-state index is -0.517. The van der Waals surface area contributed by atoms with Crippen molar-refractivity contribution in [3.05, 3.63) is 28.8 Å². The van der Waals surface area contributed by atoms with Gasteiger partial charge in [-0.05, 0) is 31.0 Å². The molecule has 20 heavy (non-hydrogen) atoms. The summed E-state index contributed by atoms with van der Waals surface area (Å²) >= 11 is 6.07. The van der Waals surface area contributed by atoms with E-state index in [2.05, 4.69) is 0 Å². The molecule has 1 aliphatic rings. The van der Waals surface area contributed by atoms with Crippen LogP contribution in [-0.2, 0) is 4.79 Å². The maximum Gasteiger partial charge on any atom is 0.256 e. The number of rotatable bonds is 4. The van der Waals surface area contributed by atoms with Crippen LogP contribution in [-0.4, -0.2) is 29.3 Å². The van der Waals surface area contributed by atoms with Crippen LogP contribution in [0.3, 0.4) is 0 Å². The van der Waals surface area contributed by atoms with Crippen molar-refractivity contribution in [2.75, 3.05) is 12.3 Å². The molecule has 1 fully saturated rings. The largest absolute Gasteiger partial charge is 0.399 e. The Balaban J connectivity index is 2.27. The first-order chi connectivity index (χ1) is 9.49. The Morgan fingerprint density at radius 1 is 1.30 bits per heavy atom. The van der Waals surface area contributed by atoms with Gasteiger partial charge in [-0.2, -0.15) is 0 Å². The van der Waals surface area contributed by atoms with Gasteiger partial charge in [0.25, 0.3) is 5.91 Å². The molecule has 1 aromatic carbocycles. The van der Waals surface area contributed by atoms with Gasteiger partial charge in [-0.1, -0.05) is 24.4 Å². The molecule has 0 radical (unpaired) electrons. The minimum absolute atomic E-state index is 0.0589. The molecule has 0 saturated heterocycles. The number of carbonyl (C=O) groups is 2. The number of primary amides is 1. The monoisotopic (exact) mass is 295 g/mol. The van der Waals surface area contributed by atoms with Gasteiger partial charge in [0, 0.05) is 11.7 Å². The van der Waals surface area contributed by atoms with Crippen LogP contribution in [0, 0.1) is 0 Å². The van der Waals surface area contributed by atoms with Crippen LogP contribution in [0.15, 0.2) is 18.2 Å². The average molecular weight is 296 g/mol. The number of nitrogens with two attached hydrogens (primary N) is 2. The van der Waals surface area contributed by atoms with E-state index in [1.165, 1.54) is 11.0 Å². The SMILES string of the molecule is NC(=O)CN(C(=O)c1ccc(N)cc1Cl)C1CCCC1. The molecule has 1 aromatic rings. The molecule has 0 unspecified atom stereocenters. The number of hydrogen-bond donors (Lipinski definition) is 2. The van der Waals surface area contributed by atoms with Crippen molar-refractivity contribution in [2.45, 2.75) is 31.7 Å². The van der Waals surface area contributed by atoms with Crippen molar-refractivity contribution in [3.8, 4) is 0 Å². The molecule has 1 saturated carbocycles. The molecule has 108 valence electrons. The molecule has 4 N–H and O–H groups in total. The van der Waals surface area contributed by atoms with Crippen molar-refractivity contribution < 1.29 is 9.59 Å². The molecule has 5 nitrogen and oxygen atoms in total. The molecule has 2 amide bonds. The van der Waals surface area contributed by atoms with Gasteiger partial charge in [0.2, 0.25) is 5.91 Å². The van der Waals surface area contributed by atoms with Crippen LogP contribution in [0.4, 0.5) is 5.69 Å². The van der Waals surface area contributed by atoms with Gasteiger partial charge >= 0.3 is 0 Å². The molecule has 6 heteroatoms. The highest BCUT2D eigenvalue weighted by atomic mass is 35.5. The molecular formula is C14H18ClN3O2. The van der Waals surface area contributed by atoms with E-state index in [9.17, 15) is 9.59 Å². The predicted octanol–water partition coefficient (Wildman–Crippen LogP) is 1.79. The molecule has 1 aliphatic carbocycles. The topological polar surface area (TPSA) is 89.4 Å². The summed E-state index contributed by atoms with van der Waals surface area (Å²) in [6.07, 6.45) is 3.91. The van der Waals surface area contributed by atoms with E-state index in [4.69, 9.17) is 23.1 Å². The zero-order valence-electron chi connectivity index (χ0n) is 11.1. The Morgan fingerprint density at radius 2 is 1.95 bits per heavy atom. The van der Waals surface area contributed by atoms with Gasteiger partial charge in [-0.3, -0.25) is 9.59 Å². The second kappa shape index (κ2) is 6.13. The zero-order chi connectivity index (χ0) is 14.7. The van der Waals surface area contributed by atoms with Gasteiger partial charge in [0.05, 0.1) is 17.1 Å². The molecule has 0 bridgehead atoms. The van der Waals surface area contributed by atoms with E-state index >= 15 is 0 Å². The number of nitrogens with zero attached hydrogens (tertiary/aromatic N) is 1. The number of amides is 2. The lowest BCUT2D eigenvalue weighted by Crippen LogP contribution is -2.44. The van der Waals surface area contributed by atoms with E-state index in [1.807, 2.05) is 0 Å². The molecule has 0 aromatic heterocycles. The first kappa shape index (κ1) is 14.7. The lowest BCUT2D eigenvalue weighted by Gasteiger charge is -2.28. The maximum atomic E-state index is 12.6. The normalized spacial score (nSPS) is 15.2. The fourth-order valence-electron chi connectivity index (χ4n) is 2.61. The van der Waals surface area contributed by atoms with Gasteiger partial charge in [0.1, 0.15) is 0 Å². The van der Waals surface area contributed by atoms with Gasteiger partial charge in [-0.25, -0.2) is 0 Å². The Hall–Kier alpha value is -1.75. The summed E-state index contributed by atoms with van der Waals surface area (Å²) in [5.41, 5.74) is 11.7. The number of anilines is 1. The van der Waals surface area contributed by atoms with Gasteiger partial charge < -0.3 is 16.4 Å². The van der Waals surface area contributed by atoms with Crippen molar-refractivity contribution in [2.24, 2.45) is 5.73 Å². The number of nitrogen functional groups attached to an aromatic ring is 1. The van der Waals surface area contributed by atoms with E-state index in [0.717, 1.165) is 25.7 Å². The van der Waals surface area contributed by atoms with Crippen molar-refractivity contribution in [1.29, 1.82) is 0 Å². The summed E-state index contributed by atoms with van der Waals surface area (Å²) in [6.45, 7) is -0.0792. The van der Waals surface area contributed by atoms with Gasteiger partial charge in [-0.15, -0.1) is 0 Å². The summed E-state index contributed by atoms with van der Waals surface area (Å²) in [5.74, 6) is -0.780. The van der Waals surface area contributed by atoms with E-state index < -0.39 is 5.91 Å². The molecule has 0 atom stereocenters. The summed E-state index contributed by atoms with van der Waals surface area (Å²) in [7, 11) is 0. The molecule has 2 rings (SSSR count). The summed E-state index contributed by atoms with van der Waals surface area (Å²) in [6, 6.07) is 4.80. The van der Waals surface area contributed by atoms with Crippen LogP contribution in [0.2, 0.25) is 5.02 Å². The lowest BCUT2D eigenvalue weighted by molar-refractivity contribution is -0.119. The Kier molecular flexibility index (Phi) is 4.49. The van der Waals surface area contributed by atoms with Crippen LogP contribution in [0.5, 0.6) is 0 Å². The summed E-state index contributed by atoms with van der Waals surface area (Å²) in [5, 5.41) is 0.294. The second-order valence-corrected chi connectivity index (χ2v) is 5.48. The number of halogens is 1. The van der Waals surface area contributed by atoms with E-state index in [1.54, 1.807) is 12.1 Å². The van der Waals surface area contributed by atoms with E-state index in [-0.39, 0.29) is 18.5 Å². The summed E-state index contributed by atoms with van der Waals surface area (Å²) < 4.78 is 0. The molecule has 0 heterocycles. The third kappa shape index (κ3) is 3.22. The van der Waals surface area contributed by atoms with Crippen molar-refractivity contribution in [1.82, 2.24) is 4.90 Å². The standard InChI is InChI=1S/C14H18ClN3O2/c15-12-7-9(16)5-6-11(12)14(20)18(8-13(17)19)10-3-1-2-4-10/h5-7,10H,1-4,8,16H2,(H2,17,19). The Labute approximate surface area is 122 Å². The fraction of sp³-hybridized carbons (Fsp3) is 0.429. The van der Waals surface area contributed by atoms with Crippen LogP contribution >= 0.6 is 11.6 Å². The first-order valence-electron chi connectivity index (χ1n) is 6.63. The minimum Gasteiger partial charge on any atom is -0.399 e. The van der Waals surface area contributed by atoms with Crippen LogP contribution in [0.1, 0.15) is 36.0 Å². The van der Waals surface area contributed by atoms with Gasteiger partial charge in [0.15, 0.2) is 0 Å². The second-order valence-electron chi connectivity index (χ2n) is 5.08. The van der Waals surface area contributed by atoms with Crippen molar-refractivity contribution in [3.63, 3.8) is 0 Å². The smallest absolute Gasteiger partial charge is 0.256 e. The van der Waals surface area contributed by atoms with Crippen LogP contribution in [0.25, 0.3) is 0 Å². The quantitative estimate of drug-likeness (QED) is 0.830. The third-order valence-electron chi connectivity index (χ3n) is 3.58. The van der Waals surface area contributed by atoms with Crippen molar-refractivity contribution >= 4 is 29.1 Å². The highest BCUT2D eigenvalue weighted by Crippen LogP contribution is 2.27. The number of carbonyl (C=O) groups excluding carboxylic acids is 2. The Bertz CT molecular complexity index is 527.